The lowest BCUT2D eigenvalue weighted by molar-refractivity contribution is -0.126. The Bertz CT molecular complexity index is 829. The second-order valence-electron chi connectivity index (χ2n) is 8.06. The normalized spacial score (nSPS) is 15.0. The van der Waals surface area contributed by atoms with E-state index in [0.29, 0.717) is 6.54 Å². The van der Waals surface area contributed by atoms with Crippen molar-refractivity contribution in [3.8, 4) is 11.5 Å². The average molecular weight is 411 g/mol. The quantitative estimate of drug-likeness (QED) is 0.636. The molecule has 5 nitrogen and oxygen atoms in total. The van der Waals surface area contributed by atoms with Crippen LogP contribution in [0.3, 0.4) is 0 Å². The Morgan fingerprint density at radius 1 is 1.07 bits per heavy atom. The Kier molecular flexibility index (Phi) is 8.14. The summed E-state index contributed by atoms with van der Waals surface area (Å²) in [6.07, 6.45) is 3.68. The molecule has 30 heavy (non-hydrogen) atoms. The van der Waals surface area contributed by atoms with Crippen molar-refractivity contribution < 1.29 is 14.3 Å². The van der Waals surface area contributed by atoms with Crippen molar-refractivity contribution in [2.24, 2.45) is 5.92 Å². The molecule has 1 aliphatic heterocycles. The minimum atomic E-state index is 0.138. The molecule has 1 aliphatic rings. The highest BCUT2D eigenvalue weighted by Gasteiger charge is 2.24. The summed E-state index contributed by atoms with van der Waals surface area (Å²) < 4.78 is 10.6. The average Bonchev–Trinajstić information content (AvgIpc) is 2.78. The van der Waals surface area contributed by atoms with Gasteiger partial charge in [0.1, 0.15) is 0 Å². The lowest BCUT2D eigenvalue weighted by Gasteiger charge is -2.31. The molecule has 0 spiro atoms. The first-order chi connectivity index (χ1) is 14.6. The highest BCUT2D eigenvalue weighted by Crippen LogP contribution is 2.28. The monoisotopic (exact) mass is 410 g/mol. The first-order valence-corrected chi connectivity index (χ1v) is 10.9. The van der Waals surface area contributed by atoms with Gasteiger partial charge >= 0.3 is 0 Å². The van der Waals surface area contributed by atoms with Gasteiger partial charge in [-0.15, -0.1) is 0 Å². The molecular formula is C25H34N2O3. The maximum atomic E-state index is 12.5. The van der Waals surface area contributed by atoms with E-state index in [2.05, 4.69) is 41.4 Å². The van der Waals surface area contributed by atoms with E-state index in [9.17, 15) is 4.79 Å². The van der Waals surface area contributed by atoms with E-state index >= 15 is 0 Å². The Morgan fingerprint density at radius 2 is 1.80 bits per heavy atom. The molecule has 0 atom stereocenters. The van der Waals surface area contributed by atoms with Crippen LogP contribution in [0.15, 0.2) is 42.5 Å². The SMILES string of the molecule is COc1ccc(CCCNC(=O)C2CCN(Cc3ccccc3C)CC2)cc1OC. The van der Waals surface area contributed by atoms with Crippen LogP contribution < -0.4 is 14.8 Å². The Balaban J connectivity index is 1.36. The maximum absolute atomic E-state index is 12.5. The van der Waals surface area contributed by atoms with Gasteiger partial charge in [0.25, 0.3) is 0 Å². The minimum absolute atomic E-state index is 0.138. The fourth-order valence-corrected chi connectivity index (χ4v) is 4.07. The number of ether oxygens (including phenoxy) is 2. The summed E-state index contributed by atoms with van der Waals surface area (Å²) in [6, 6.07) is 14.5. The van der Waals surface area contributed by atoms with E-state index < -0.39 is 0 Å². The maximum Gasteiger partial charge on any atom is 0.223 e. The third kappa shape index (κ3) is 5.99. The third-order valence-electron chi connectivity index (χ3n) is 6.00. The number of carbonyl (C=O) groups is 1. The molecule has 0 saturated carbocycles. The number of aryl methyl sites for hydroxylation is 2. The first-order valence-electron chi connectivity index (χ1n) is 10.9. The number of nitrogens with zero attached hydrogens (tertiary/aromatic N) is 1. The number of piperidine rings is 1. The molecule has 5 heteroatoms. The zero-order valence-corrected chi connectivity index (χ0v) is 18.4. The van der Waals surface area contributed by atoms with Gasteiger partial charge in [0.15, 0.2) is 11.5 Å². The predicted molar refractivity (Wildman–Crippen MR) is 120 cm³/mol. The summed E-state index contributed by atoms with van der Waals surface area (Å²) >= 11 is 0. The number of hydrogen-bond acceptors (Lipinski definition) is 4. The highest BCUT2D eigenvalue weighted by atomic mass is 16.5. The van der Waals surface area contributed by atoms with Gasteiger partial charge in [-0.1, -0.05) is 30.3 Å². The molecule has 1 amide bonds. The van der Waals surface area contributed by atoms with Crippen molar-refractivity contribution in [3.63, 3.8) is 0 Å². The van der Waals surface area contributed by atoms with Gasteiger partial charge < -0.3 is 14.8 Å². The molecule has 2 aromatic rings. The summed E-state index contributed by atoms with van der Waals surface area (Å²) in [5.74, 6) is 1.83. The van der Waals surface area contributed by atoms with Crippen molar-refractivity contribution in [2.45, 2.75) is 39.2 Å². The van der Waals surface area contributed by atoms with Crippen LogP contribution in [0, 0.1) is 12.8 Å². The second-order valence-corrected chi connectivity index (χ2v) is 8.06. The fraction of sp³-hybridized carbons (Fsp3) is 0.480. The van der Waals surface area contributed by atoms with Crippen molar-refractivity contribution in [1.29, 1.82) is 0 Å². The topological polar surface area (TPSA) is 50.8 Å². The number of methoxy groups -OCH3 is 2. The molecule has 1 N–H and O–H groups in total. The fourth-order valence-electron chi connectivity index (χ4n) is 4.07. The Hall–Kier alpha value is -2.53. The van der Waals surface area contributed by atoms with Crippen LogP contribution in [0.2, 0.25) is 0 Å². The number of likely N-dealkylation sites (tertiary alicyclic amines) is 1. The van der Waals surface area contributed by atoms with E-state index in [4.69, 9.17) is 9.47 Å². The van der Waals surface area contributed by atoms with Gasteiger partial charge in [-0.25, -0.2) is 0 Å². The number of nitrogens with one attached hydrogen (secondary N) is 1. The van der Waals surface area contributed by atoms with E-state index in [-0.39, 0.29) is 11.8 Å². The number of benzene rings is 2. The van der Waals surface area contributed by atoms with Crippen molar-refractivity contribution in [1.82, 2.24) is 10.2 Å². The number of carbonyl (C=O) groups excluding carboxylic acids is 1. The molecule has 1 saturated heterocycles. The van der Waals surface area contributed by atoms with Crippen LogP contribution in [0.25, 0.3) is 0 Å². The van der Waals surface area contributed by atoms with Gasteiger partial charge in [0, 0.05) is 19.0 Å². The summed E-state index contributed by atoms with van der Waals surface area (Å²) in [5, 5.41) is 3.13. The molecule has 0 unspecified atom stereocenters. The molecule has 3 rings (SSSR count). The third-order valence-corrected chi connectivity index (χ3v) is 6.00. The van der Waals surface area contributed by atoms with E-state index in [1.165, 1.54) is 16.7 Å². The van der Waals surface area contributed by atoms with Crippen LogP contribution in [0.5, 0.6) is 11.5 Å². The van der Waals surface area contributed by atoms with Crippen LogP contribution in [0.1, 0.15) is 36.0 Å². The van der Waals surface area contributed by atoms with Gasteiger partial charge in [-0.05, 0) is 74.5 Å². The van der Waals surface area contributed by atoms with Crippen LogP contribution >= 0.6 is 0 Å². The Labute approximate surface area is 180 Å². The summed E-state index contributed by atoms with van der Waals surface area (Å²) in [6.45, 7) is 5.82. The second kappa shape index (κ2) is 11.0. The lowest BCUT2D eigenvalue weighted by Crippen LogP contribution is -2.40. The van der Waals surface area contributed by atoms with Crippen molar-refractivity contribution >= 4 is 5.91 Å². The molecule has 1 fully saturated rings. The van der Waals surface area contributed by atoms with E-state index in [1.807, 2.05) is 18.2 Å². The molecule has 1 heterocycles. The van der Waals surface area contributed by atoms with Crippen molar-refractivity contribution in [3.05, 3.63) is 59.2 Å². The van der Waals surface area contributed by atoms with Gasteiger partial charge in [0.2, 0.25) is 5.91 Å². The molecule has 0 aliphatic carbocycles. The zero-order valence-electron chi connectivity index (χ0n) is 18.4. The minimum Gasteiger partial charge on any atom is -0.493 e. The predicted octanol–water partition coefficient (Wildman–Crippen LogP) is 3.97. The van der Waals surface area contributed by atoms with Gasteiger partial charge in [-0.2, -0.15) is 0 Å². The lowest BCUT2D eigenvalue weighted by atomic mass is 9.95. The molecular weight excluding hydrogens is 376 g/mol. The molecule has 0 radical (unpaired) electrons. The smallest absolute Gasteiger partial charge is 0.223 e. The van der Waals surface area contributed by atoms with Gasteiger partial charge in [0.05, 0.1) is 14.2 Å². The number of amides is 1. The molecule has 0 bridgehead atoms. The number of rotatable bonds is 9. The first kappa shape index (κ1) is 22.2. The molecule has 0 aromatic heterocycles. The molecule has 162 valence electrons. The Morgan fingerprint density at radius 3 is 2.50 bits per heavy atom. The highest BCUT2D eigenvalue weighted by molar-refractivity contribution is 5.78. The van der Waals surface area contributed by atoms with Crippen molar-refractivity contribution in [2.75, 3.05) is 33.9 Å². The van der Waals surface area contributed by atoms with E-state index in [0.717, 1.165) is 56.8 Å². The van der Waals surface area contributed by atoms with Crippen LogP contribution in [0.4, 0.5) is 0 Å². The number of hydrogen-bond donors (Lipinski definition) is 1. The molecule has 2 aromatic carbocycles. The summed E-state index contributed by atoms with van der Waals surface area (Å²) in [4.78, 5) is 15.0. The van der Waals surface area contributed by atoms with Gasteiger partial charge in [-0.3, -0.25) is 9.69 Å². The summed E-state index contributed by atoms with van der Waals surface area (Å²) in [7, 11) is 3.29. The van der Waals surface area contributed by atoms with Crippen LogP contribution in [-0.2, 0) is 17.8 Å². The van der Waals surface area contributed by atoms with E-state index in [1.54, 1.807) is 14.2 Å². The standard InChI is InChI=1S/C25H34N2O3/c1-19-7-4-5-9-22(19)18-27-15-12-21(13-16-27)25(28)26-14-6-8-20-10-11-23(29-2)24(17-20)30-3/h4-5,7,9-11,17,21H,6,8,12-16,18H2,1-3H3,(H,26,28). The van der Waals surface area contributed by atoms with Crippen LogP contribution in [-0.4, -0.2) is 44.7 Å². The zero-order chi connectivity index (χ0) is 21.3. The largest absolute Gasteiger partial charge is 0.493 e. The summed E-state index contributed by atoms with van der Waals surface area (Å²) in [5.41, 5.74) is 3.91.